The minimum absolute atomic E-state index is 0.267. The lowest BCUT2D eigenvalue weighted by atomic mass is 10.0. The zero-order valence-corrected chi connectivity index (χ0v) is 8.12. The van der Waals surface area contributed by atoms with Crippen LogP contribution in [0.2, 0.25) is 0 Å². The van der Waals surface area contributed by atoms with Crippen molar-refractivity contribution in [3.8, 4) is 11.1 Å². The summed E-state index contributed by atoms with van der Waals surface area (Å²) < 4.78 is 12.9. The van der Waals surface area contributed by atoms with Crippen LogP contribution in [-0.2, 0) is 0 Å². The molecule has 0 radical (unpaired) electrons. The van der Waals surface area contributed by atoms with Crippen LogP contribution in [0.1, 0.15) is 5.56 Å². The van der Waals surface area contributed by atoms with Crippen molar-refractivity contribution in [3.63, 3.8) is 0 Å². The van der Waals surface area contributed by atoms with E-state index in [1.54, 1.807) is 19.2 Å². The SMILES string of the molecule is Cc1cc(F)ccc1-c1cn[nH]c(=O)c1. The molecular weight excluding hydrogens is 195 g/mol. The molecule has 0 atom stereocenters. The Morgan fingerprint density at radius 1 is 1.33 bits per heavy atom. The normalized spacial score (nSPS) is 10.3. The number of aromatic amines is 1. The van der Waals surface area contributed by atoms with Crippen molar-refractivity contribution < 1.29 is 4.39 Å². The summed E-state index contributed by atoms with van der Waals surface area (Å²) in [5.74, 6) is -0.283. The smallest absolute Gasteiger partial charge is 0.264 e. The summed E-state index contributed by atoms with van der Waals surface area (Å²) in [6.07, 6.45) is 1.54. The van der Waals surface area contributed by atoms with Gasteiger partial charge in [-0.3, -0.25) is 4.79 Å². The van der Waals surface area contributed by atoms with Gasteiger partial charge < -0.3 is 0 Å². The van der Waals surface area contributed by atoms with E-state index in [9.17, 15) is 9.18 Å². The Hall–Kier alpha value is -1.97. The highest BCUT2D eigenvalue weighted by molar-refractivity contribution is 5.65. The average Bonchev–Trinajstić information content (AvgIpc) is 2.17. The summed E-state index contributed by atoms with van der Waals surface area (Å²) in [7, 11) is 0. The molecule has 2 aromatic rings. The molecule has 0 fully saturated rings. The first-order valence-electron chi connectivity index (χ1n) is 4.48. The van der Waals surface area contributed by atoms with Gasteiger partial charge in [0.2, 0.25) is 0 Å². The van der Waals surface area contributed by atoms with Gasteiger partial charge in [-0.2, -0.15) is 5.10 Å². The summed E-state index contributed by atoms with van der Waals surface area (Å²) in [6, 6.07) is 5.87. The molecule has 3 nitrogen and oxygen atoms in total. The van der Waals surface area contributed by atoms with E-state index in [0.717, 1.165) is 11.1 Å². The van der Waals surface area contributed by atoms with Crippen molar-refractivity contribution >= 4 is 0 Å². The van der Waals surface area contributed by atoms with E-state index in [4.69, 9.17) is 0 Å². The van der Waals surface area contributed by atoms with E-state index >= 15 is 0 Å². The lowest BCUT2D eigenvalue weighted by molar-refractivity contribution is 0.627. The number of hydrogen-bond donors (Lipinski definition) is 1. The fourth-order valence-corrected chi connectivity index (χ4v) is 1.47. The zero-order chi connectivity index (χ0) is 10.8. The molecule has 0 amide bonds. The molecule has 0 aliphatic rings. The maximum atomic E-state index is 12.9. The third kappa shape index (κ3) is 1.93. The first-order valence-corrected chi connectivity index (χ1v) is 4.48. The Morgan fingerprint density at radius 3 is 2.80 bits per heavy atom. The molecule has 1 aromatic carbocycles. The van der Waals surface area contributed by atoms with Crippen LogP contribution >= 0.6 is 0 Å². The van der Waals surface area contributed by atoms with Crippen molar-refractivity contribution in [2.24, 2.45) is 0 Å². The number of halogens is 1. The van der Waals surface area contributed by atoms with Crippen molar-refractivity contribution in [2.45, 2.75) is 6.92 Å². The third-order valence-electron chi connectivity index (χ3n) is 2.16. The Labute approximate surface area is 85.6 Å². The van der Waals surface area contributed by atoms with Crippen LogP contribution in [0.4, 0.5) is 4.39 Å². The molecule has 0 aliphatic carbocycles. The second kappa shape index (κ2) is 3.65. The van der Waals surface area contributed by atoms with Crippen LogP contribution in [0.15, 0.2) is 35.3 Å². The van der Waals surface area contributed by atoms with Crippen molar-refractivity contribution in [1.82, 2.24) is 10.2 Å². The molecule has 0 unspecified atom stereocenters. The molecule has 1 aromatic heterocycles. The number of hydrogen-bond acceptors (Lipinski definition) is 2. The van der Waals surface area contributed by atoms with Crippen LogP contribution in [0.3, 0.4) is 0 Å². The second-order valence-electron chi connectivity index (χ2n) is 3.29. The molecule has 1 N–H and O–H groups in total. The maximum Gasteiger partial charge on any atom is 0.264 e. The van der Waals surface area contributed by atoms with Crippen LogP contribution in [-0.4, -0.2) is 10.2 Å². The fourth-order valence-electron chi connectivity index (χ4n) is 1.47. The zero-order valence-electron chi connectivity index (χ0n) is 8.12. The van der Waals surface area contributed by atoms with Crippen LogP contribution < -0.4 is 5.56 Å². The van der Waals surface area contributed by atoms with Gasteiger partial charge in [-0.1, -0.05) is 6.07 Å². The van der Waals surface area contributed by atoms with Gasteiger partial charge in [-0.15, -0.1) is 0 Å². The average molecular weight is 204 g/mol. The number of aryl methyl sites for hydroxylation is 1. The highest BCUT2D eigenvalue weighted by atomic mass is 19.1. The largest absolute Gasteiger partial charge is 0.268 e. The number of H-pyrrole nitrogens is 1. The first kappa shape index (κ1) is 9.58. The Morgan fingerprint density at radius 2 is 2.13 bits per heavy atom. The summed E-state index contributed by atoms with van der Waals surface area (Å²) in [5, 5.41) is 5.99. The van der Waals surface area contributed by atoms with Gasteiger partial charge in [0.25, 0.3) is 5.56 Å². The number of aromatic nitrogens is 2. The number of nitrogens with zero attached hydrogens (tertiary/aromatic N) is 1. The van der Waals surface area contributed by atoms with E-state index in [1.807, 2.05) is 0 Å². The fraction of sp³-hybridized carbons (Fsp3) is 0.0909. The lowest BCUT2D eigenvalue weighted by Gasteiger charge is -2.04. The molecule has 0 spiro atoms. The topological polar surface area (TPSA) is 45.8 Å². The Bertz CT molecular complexity index is 548. The highest BCUT2D eigenvalue weighted by Gasteiger charge is 2.03. The number of rotatable bonds is 1. The molecule has 76 valence electrons. The van der Waals surface area contributed by atoms with E-state index in [1.165, 1.54) is 18.2 Å². The van der Waals surface area contributed by atoms with Gasteiger partial charge in [0, 0.05) is 11.6 Å². The molecule has 1 heterocycles. The van der Waals surface area contributed by atoms with E-state index in [0.29, 0.717) is 5.56 Å². The highest BCUT2D eigenvalue weighted by Crippen LogP contribution is 2.21. The molecule has 15 heavy (non-hydrogen) atoms. The van der Waals surface area contributed by atoms with Gasteiger partial charge in [-0.05, 0) is 30.2 Å². The molecular formula is C11H9FN2O. The summed E-state index contributed by atoms with van der Waals surface area (Å²) in [5.41, 5.74) is 2.02. The Kier molecular flexibility index (Phi) is 2.33. The van der Waals surface area contributed by atoms with Crippen molar-refractivity contribution in [3.05, 3.63) is 52.2 Å². The second-order valence-corrected chi connectivity index (χ2v) is 3.29. The molecule has 0 bridgehead atoms. The summed E-state index contributed by atoms with van der Waals surface area (Å²) in [4.78, 5) is 11.0. The van der Waals surface area contributed by atoms with Gasteiger partial charge in [0.1, 0.15) is 5.82 Å². The molecule has 4 heteroatoms. The minimum Gasteiger partial charge on any atom is -0.268 e. The van der Waals surface area contributed by atoms with E-state index < -0.39 is 0 Å². The maximum absolute atomic E-state index is 12.9. The molecule has 0 saturated carbocycles. The molecule has 0 saturated heterocycles. The molecule has 0 aliphatic heterocycles. The van der Waals surface area contributed by atoms with Gasteiger partial charge in [0.15, 0.2) is 0 Å². The summed E-state index contributed by atoms with van der Waals surface area (Å²) >= 11 is 0. The third-order valence-corrected chi connectivity index (χ3v) is 2.16. The predicted molar refractivity (Wildman–Crippen MR) is 55.0 cm³/mol. The van der Waals surface area contributed by atoms with Gasteiger partial charge in [0.05, 0.1) is 6.20 Å². The van der Waals surface area contributed by atoms with E-state index in [2.05, 4.69) is 10.2 Å². The Balaban J connectivity index is 2.59. The molecule has 2 rings (SSSR count). The van der Waals surface area contributed by atoms with Crippen LogP contribution in [0, 0.1) is 12.7 Å². The minimum atomic E-state index is -0.283. The van der Waals surface area contributed by atoms with Gasteiger partial charge in [-0.25, -0.2) is 9.49 Å². The quantitative estimate of drug-likeness (QED) is 0.770. The standard InChI is InChI=1S/C11H9FN2O/c1-7-4-9(12)2-3-10(7)8-5-11(15)14-13-6-8/h2-6H,1H3,(H,14,15). The predicted octanol–water partition coefficient (Wildman–Crippen LogP) is 1.88. The van der Waals surface area contributed by atoms with E-state index in [-0.39, 0.29) is 11.4 Å². The van der Waals surface area contributed by atoms with Gasteiger partial charge >= 0.3 is 0 Å². The van der Waals surface area contributed by atoms with Crippen molar-refractivity contribution in [1.29, 1.82) is 0 Å². The first-order chi connectivity index (χ1) is 7.16. The number of benzene rings is 1. The lowest BCUT2D eigenvalue weighted by Crippen LogP contribution is -2.05. The summed E-state index contributed by atoms with van der Waals surface area (Å²) in [6.45, 7) is 1.79. The monoisotopic (exact) mass is 204 g/mol. The van der Waals surface area contributed by atoms with Crippen molar-refractivity contribution in [2.75, 3.05) is 0 Å². The van der Waals surface area contributed by atoms with Crippen LogP contribution in [0.5, 0.6) is 0 Å². The number of nitrogens with one attached hydrogen (secondary N) is 1. The van der Waals surface area contributed by atoms with Crippen LogP contribution in [0.25, 0.3) is 11.1 Å².